The van der Waals surface area contributed by atoms with Crippen LogP contribution in [0.3, 0.4) is 0 Å². The lowest BCUT2D eigenvalue weighted by Gasteiger charge is -2.45. The highest BCUT2D eigenvalue weighted by atomic mass is 28.3. The van der Waals surface area contributed by atoms with Crippen molar-refractivity contribution in [1.29, 1.82) is 0 Å². The molecular formula is C10H23NO4Si. The molecule has 4 N–H and O–H groups in total. The lowest BCUT2D eigenvalue weighted by molar-refractivity contribution is -0.141. The summed E-state index contributed by atoms with van der Waals surface area (Å²) in [4.78, 5) is 1.90. The Morgan fingerprint density at radius 3 is 2.12 bits per heavy atom. The average molecular weight is 249 g/mol. The van der Waals surface area contributed by atoms with Crippen LogP contribution in [0.25, 0.3) is 0 Å². The smallest absolute Gasteiger partial charge is 0.109 e. The Morgan fingerprint density at radius 2 is 1.69 bits per heavy atom. The number of piperidine rings is 1. The fourth-order valence-corrected chi connectivity index (χ4v) is 3.75. The molecule has 4 atom stereocenters. The molecule has 1 heterocycles. The summed E-state index contributed by atoms with van der Waals surface area (Å²) in [6.45, 7) is 6.67. The van der Waals surface area contributed by atoms with E-state index in [1.807, 2.05) is 4.90 Å². The number of rotatable bonds is 3. The van der Waals surface area contributed by atoms with Crippen molar-refractivity contribution in [2.75, 3.05) is 19.3 Å². The highest BCUT2D eigenvalue weighted by molar-refractivity contribution is 6.76. The molecule has 96 valence electrons. The molecule has 1 aliphatic heterocycles. The summed E-state index contributed by atoms with van der Waals surface area (Å²) in [6, 6.07) is -0.467. The Balaban J connectivity index is 2.75. The maximum absolute atomic E-state index is 9.78. The molecule has 0 spiro atoms. The van der Waals surface area contributed by atoms with Crippen LogP contribution in [0.4, 0.5) is 0 Å². The molecule has 0 aliphatic carbocycles. The summed E-state index contributed by atoms with van der Waals surface area (Å²) in [6.07, 6.45) is -2.38. The Bertz CT molecular complexity index is 233. The second-order valence-electron chi connectivity index (χ2n) is 5.79. The first-order valence-corrected chi connectivity index (χ1v) is 9.36. The molecule has 0 aromatic carbocycles. The Kier molecular flexibility index (Phi) is 4.50. The van der Waals surface area contributed by atoms with Crippen molar-refractivity contribution in [3.63, 3.8) is 0 Å². The van der Waals surface area contributed by atoms with Crippen LogP contribution in [0.15, 0.2) is 0 Å². The fourth-order valence-electron chi connectivity index (χ4n) is 2.17. The fraction of sp³-hybridized carbons (Fsp3) is 1.00. The Labute approximate surface area is 97.3 Å². The molecule has 1 fully saturated rings. The summed E-state index contributed by atoms with van der Waals surface area (Å²) in [7, 11) is -1.37. The highest BCUT2D eigenvalue weighted by Gasteiger charge is 2.41. The van der Waals surface area contributed by atoms with E-state index in [2.05, 4.69) is 19.6 Å². The number of nitrogens with zero attached hydrogens (tertiary/aromatic N) is 1. The van der Waals surface area contributed by atoms with Crippen molar-refractivity contribution in [1.82, 2.24) is 4.90 Å². The number of β-amino-alcohol motifs (C(OH)–C–C–N with tert-alkyl or cyclic N) is 1. The zero-order chi connectivity index (χ0) is 12.5. The van der Waals surface area contributed by atoms with E-state index in [9.17, 15) is 20.4 Å². The van der Waals surface area contributed by atoms with Crippen molar-refractivity contribution in [3.8, 4) is 0 Å². The molecule has 0 aromatic heterocycles. The van der Waals surface area contributed by atoms with Gasteiger partial charge in [0.25, 0.3) is 0 Å². The van der Waals surface area contributed by atoms with E-state index in [0.29, 0.717) is 6.54 Å². The van der Waals surface area contributed by atoms with Gasteiger partial charge in [0, 0.05) is 6.54 Å². The van der Waals surface area contributed by atoms with Crippen LogP contribution < -0.4 is 0 Å². The molecule has 0 radical (unpaired) electrons. The van der Waals surface area contributed by atoms with Crippen molar-refractivity contribution in [2.45, 2.75) is 44.0 Å². The zero-order valence-electron chi connectivity index (χ0n) is 10.2. The summed E-state index contributed by atoms with van der Waals surface area (Å²) in [5.74, 6) is 0. The number of hydrogen-bond donors (Lipinski definition) is 4. The minimum Gasteiger partial charge on any atom is -0.395 e. The summed E-state index contributed by atoms with van der Waals surface area (Å²) < 4.78 is 0. The first-order chi connectivity index (χ1) is 7.26. The first-order valence-electron chi connectivity index (χ1n) is 5.65. The van der Waals surface area contributed by atoms with Crippen molar-refractivity contribution in [3.05, 3.63) is 0 Å². The lowest BCUT2D eigenvalue weighted by Crippen LogP contribution is -2.64. The molecule has 6 heteroatoms. The van der Waals surface area contributed by atoms with Gasteiger partial charge in [-0.15, -0.1) is 0 Å². The number of aliphatic hydroxyl groups is 4. The van der Waals surface area contributed by atoms with Gasteiger partial charge in [0.1, 0.15) is 12.2 Å². The van der Waals surface area contributed by atoms with Gasteiger partial charge in [-0.3, -0.25) is 4.90 Å². The standard InChI is InChI=1S/C10H23NO4Si/c1-16(2,3)6-11-4-8(13)10(15)9(14)7(11)5-12/h7-10,12-15H,4-6H2,1-3H3/t7-,8+,9-,10-/m1/s1. The molecule has 0 bridgehead atoms. The van der Waals surface area contributed by atoms with E-state index < -0.39 is 32.4 Å². The molecular weight excluding hydrogens is 226 g/mol. The van der Waals surface area contributed by atoms with E-state index in [0.717, 1.165) is 6.17 Å². The van der Waals surface area contributed by atoms with Gasteiger partial charge in [-0.25, -0.2) is 0 Å². The summed E-state index contributed by atoms with van der Waals surface area (Å²) in [5.41, 5.74) is 0. The van der Waals surface area contributed by atoms with E-state index in [-0.39, 0.29) is 6.61 Å². The quantitative estimate of drug-likeness (QED) is 0.464. The maximum atomic E-state index is 9.78. The molecule has 5 nitrogen and oxygen atoms in total. The molecule has 1 saturated heterocycles. The molecule has 16 heavy (non-hydrogen) atoms. The maximum Gasteiger partial charge on any atom is 0.109 e. The second-order valence-corrected chi connectivity index (χ2v) is 11.2. The van der Waals surface area contributed by atoms with Crippen LogP contribution in [0.2, 0.25) is 19.6 Å². The summed E-state index contributed by atoms with van der Waals surface area (Å²) in [5, 5.41) is 38.2. The van der Waals surface area contributed by atoms with Gasteiger partial charge in [-0.2, -0.15) is 0 Å². The summed E-state index contributed by atoms with van der Waals surface area (Å²) >= 11 is 0. The topological polar surface area (TPSA) is 84.2 Å². The van der Waals surface area contributed by atoms with Crippen LogP contribution in [0.1, 0.15) is 0 Å². The van der Waals surface area contributed by atoms with Gasteiger partial charge < -0.3 is 20.4 Å². The SMILES string of the molecule is C[Si](C)(C)CN1C[C@H](O)[C@@H](O)[C@H](O)[C@H]1CO. The average Bonchev–Trinajstić information content (AvgIpc) is 2.12. The van der Waals surface area contributed by atoms with E-state index in [1.165, 1.54) is 0 Å². The monoisotopic (exact) mass is 249 g/mol. The van der Waals surface area contributed by atoms with Crippen LogP contribution in [-0.2, 0) is 0 Å². The minimum atomic E-state index is -1.37. The molecule has 0 saturated carbocycles. The largest absolute Gasteiger partial charge is 0.395 e. The van der Waals surface area contributed by atoms with Crippen LogP contribution in [0, 0.1) is 0 Å². The van der Waals surface area contributed by atoms with Crippen LogP contribution in [0.5, 0.6) is 0 Å². The van der Waals surface area contributed by atoms with E-state index in [1.54, 1.807) is 0 Å². The van der Waals surface area contributed by atoms with Crippen molar-refractivity contribution in [2.24, 2.45) is 0 Å². The normalized spacial score (nSPS) is 37.7. The third-order valence-electron chi connectivity index (χ3n) is 2.89. The predicted molar refractivity (Wildman–Crippen MR) is 63.8 cm³/mol. The minimum absolute atomic E-state index is 0.199. The highest BCUT2D eigenvalue weighted by Crippen LogP contribution is 2.20. The molecule has 1 rings (SSSR count). The third kappa shape index (κ3) is 3.25. The first kappa shape index (κ1) is 14.1. The Hall–Kier alpha value is 0.0169. The van der Waals surface area contributed by atoms with Gasteiger partial charge >= 0.3 is 0 Å². The van der Waals surface area contributed by atoms with Gasteiger partial charge in [0.05, 0.1) is 26.8 Å². The van der Waals surface area contributed by atoms with Crippen molar-refractivity contribution >= 4 is 8.07 Å². The van der Waals surface area contributed by atoms with Gasteiger partial charge in [0.15, 0.2) is 0 Å². The van der Waals surface area contributed by atoms with Gasteiger partial charge in [0.2, 0.25) is 0 Å². The van der Waals surface area contributed by atoms with Crippen LogP contribution >= 0.6 is 0 Å². The molecule has 0 aromatic rings. The molecule has 0 amide bonds. The lowest BCUT2D eigenvalue weighted by atomic mass is 9.95. The Morgan fingerprint density at radius 1 is 1.12 bits per heavy atom. The van der Waals surface area contributed by atoms with Gasteiger partial charge in [-0.05, 0) is 6.17 Å². The predicted octanol–water partition coefficient (Wildman–Crippen LogP) is -1.38. The number of hydrogen-bond acceptors (Lipinski definition) is 5. The number of likely N-dealkylation sites (tertiary alicyclic amines) is 1. The zero-order valence-corrected chi connectivity index (χ0v) is 11.2. The molecule has 1 aliphatic rings. The van der Waals surface area contributed by atoms with Gasteiger partial charge in [-0.1, -0.05) is 19.6 Å². The van der Waals surface area contributed by atoms with E-state index >= 15 is 0 Å². The van der Waals surface area contributed by atoms with E-state index in [4.69, 9.17) is 0 Å². The van der Waals surface area contributed by atoms with Crippen LogP contribution in [-0.4, -0.2) is 77.1 Å². The third-order valence-corrected chi connectivity index (χ3v) is 4.25. The molecule has 0 unspecified atom stereocenters. The van der Waals surface area contributed by atoms with Crippen molar-refractivity contribution < 1.29 is 20.4 Å². The number of aliphatic hydroxyl groups excluding tert-OH is 4. The second kappa shape index (κ2) is 5.12.